The van der Waals surface area contributed by atoms with Crippen LogP contribution in [0.5, 0.6) is 0 Å². The Hall–Kier alpha value is -1.97. The topological polar surface area (TPSA) is 30.2 Å². The molecule has 2 aromatic rings. The predicted octanol–water partition coefficient (Wildman–Crippen LogP) is 3.10. The number of aryl methyl sites for hydroxylation is 1. The lowest BCUT2D eigenvalue weighted by Crippen LogP contribution is -2.01. The highest BCUT2D eigenvalue weighted by Crippen LogP contribution is 2.15. The van der Waals surface area contributed by atoms with Gasteiger partial charge in [0, 0.05) is 5.56 Å². The molecule has 0 spiro atoms. The lowest BCUT2D eigenvalue weighted by atomic mass is 10.1. The molecule has 4 heteroatoms. The first kappa shape index (κ1) is 10.5. The molecule has 0 aliphatic rings. The molecule has 2 nitrogen and oxygen atoms in total. The van der Waals surface area contributed by atoms with E-state index in [2.05, 4.69) is 0 Å². The van der Waals surface area contributed by atoms with Crippen LogP contribution < -0.4 is 0 Å². The number of carbonyl (C=O) groups excluding carboxylic acids is 1. The van der Waals surface area contributed by atoms with Gasteiger partial charge in [0.25, 0.3) is 0 Å². The molecule has 0 amide bonds. The molecule has 0 unspecified atom stereocenters. The Morgan fingerprint density at radius 2 is 1.88 bits per heavy atom. The molecule has 0 saturated heterocycles. The van der Waals surface area contributed by atoms with E-state index in [9.17, 15) is 13.6 Å². The molecule has 0 radical (unpaired) electrons. The van der Waals surface area contributed by atoms with E-state index in [0.717, 1.165) is 12.1 Å². The average Bonchev–Trinajstić information content (AvgIpc) is 2.68. The molecule has 0 N–H and O–H groups in total. The van der Waals surface area contributed by atoms with Gasteiger partial charge in [-0.2, -0.15) is 0 Å². The third-order valence-corrected chi connectivity index (χ3v) is 2.17. The molecular weight excluding hydrogens is 214 g/mol. The van der Waals surface area contributed by atoms with E-state index in [4.69, 9.17) is 4.42 Å². The zero-order valence-corrected chi connectivity index (χ0v) is 8.46. The van der Waals surface area contributed by atoms with Gasteiger partial charge in [0.1, 0.15) is 12.0 Å². The normalized spacial score (nSPS) is 10.4. The number of ketones is 1. The molecule has 0 bridgehead atoms. The summed E-state index contributed by atoms with van der Waals surface area (Å²) in [5.41, 5.74) is 0.420. The van der Waals surface area contributed by atoms with Crippen molar-refractivity contribution >= 4 is 5.78 Å². The molecule has 82 valence electrons. The Morgan fingerprint density at radius 1 is 1.12 bits per heavy atom. The molecule has 1 aromatic carbocycles. The second-order valence-corrected chi connectivity index (χ2v) is 3.40. The van der Waals surface area contributed by atoms with Gasteiger partial charge in [-0.25, -0.2) is 8.78 Å². The third-order valence-electron chi connectivity index (χ3n) is 2.17. The minimum absolute atomic E-state index is 0.0969. The predicted molar refractivity (Wildman–Crippen MR) is 53.2 cm³/mol. The maximum absolute atomic E-state index is 12.9. The fraction of sp³-hybridized carbons (Fsp3) is 0.0833. The first-order valence-corrected chi connectivity index (χ1v) is 4.63. The van der Waals surface area contributed by atoms with Crippen molar-refractivity contribution in [3.05, 3.63) is 59.1 Å². The maximum Gasteiger partial charge on any atom is 0.196 e. The van der Waals surface area contributed by atoms with Crippen molar-refractivity contribution in [2.75, 3.05) is 0 Å². The number of furan rings is 1. The molecule has 0 atom stereocenters. The summed E-state index contributed by atoms with van der Waals surface area (Å²) in [6.07, 6.45) is 1.29. The Labute approximate surface area is 90.5 Å². The zero-order chi connectivity index (χ0) is 11.7. The van der Waals surface area contributed by atoms with Crippen molar-refractivity contribution < 1.29 is 18.0 Å². The number of benzene rings is 1. The largest absolute Gasteiger partial charge is 0.469 e. The van der Waals surface area contributed by atoms with Crippen LogP contribution in [0.4, 0.5) is 8.78 Å². The van der Waals surface area contributed by atoms with Gasteiger partial charge >= 0.3 is 0 Å². The number of carbonyl (C=O) groups is 1. The number of hydrogen-bond donors (Lipinski definition) is 0. The van der Waals surface area contributed by atoms with E-state index in [1.807, 2.05) is 0 Å². The van der Waals surface area contributed by atoms with E-state index >= 15 is 0 Å². The van der Waals surface area contributed by atoms with Gasteiger partial charge in [-0.05, 0) is 31.2 Å². The van der Waals surface area contributed by atoms with Crippen LogP contribution in [0.1, 0.15) is 21.7 Å². The monoisotopic (exact) mass is 222 g/mol. The van der Waals surface area contributed by atoms with Crippen molar-refractivity contribution in [2.24, 2.45) is 0 Å². The minimum Gasteiger partial charge on any atom is -0.469 e. The van der Waals surface area contributed by atoms with E-state index in [0.29, 0.717) is 11.3 Å². The quantitative estimate of drug-likeness (QED) is 0.731. The number of hydrogen-bond acceptors (Lipinski definition) is 2. The average molecular weight is 222 g/mol. The molecule has 0 aliphatic carbocycles. The Morgan fingerprint density at radius 3 is 2.44 bits per heavy atom. The summed E-state index contributed by atoms with van der Waals surface area (Å²) in [6.45, 7) is 1.70. The van der Waals surface area contributed by atoms with E-state index in [-0.39, 0.29) is 5.56 Å². The van der Waals surface area contributed by atoms with E-state index in [1.54, 1.807) is 13.0 Å². The van der Waals surface area contributed by atoms with Crippen molar-refractivity contribution in [1.82, 2.24) is 0 Å². The van der Waals surface area contributed by atoms with Gasteiger partial charge in [0.15, 0.2) is 17.4 Å². The van der Waals surface area contributed by atoms with Gasteiger partial charge < -0.3 is 4.42 Å². The Balaban J connectivity index is 2.38. The van der Waals surface area contributed by atoms with E-state index in [1.165, 1.54) is 12.3 Å². The molecule has 2 rings (SSSR count). The molecule has 0 saturated carbocycles. The molecule has 1 aromatic heterocycles. The van der Waals surface area contributed by atoms with Crippen LogP contribution in [0.25, 0.3) is 0 Å². The zero-order valence-electron chi connectivity index (χ0n) is 8.46. The van der Waals surface area contributed by atoms with Crippen LogP contribution in [-0.4, -0.2) is 5.78 Å². The fourth-order valence-electron chi connectivity index (χ4n) is 1.37. The fourth-order valence-corrected chi connectivity index (χ4v) is 1.37. The van der Waals surface area contributed by atoms with Crippen molar-refractivity contribution in [3.8, 4) is 0 Å². The lowest BCUT2D eigenvalue weighted by Gasteiger charge is -1.98. The van der Waals surface area contributed by atoms with Crippen molar-refractivity contribution in [1.29, 1.82) is 0 Å². The first-order chi connectivity index (χ1) is 7.58. The lowest BCUT2D eigenvalue weighted by molar-refractivity contribution is 0.103. The van der Waals surface area contributed by atoms with Crippen LogP contribution in [0.2, 0.25) is 0 Å². The van der Waals surface area contributed by atoms with Crippen molar-refractivity contribution in [3.63, 3.8) is 0 Å². The molecular formula is C12H8F2O2. The standard InChI is InChI=1S/C12H8F2O2/c1-7-4-9(6-16-7)12(15)8-2-3-10(13)11(14)5-8/h2-6H,1H3. The molecule has 16 heavy (non-hydrogen) atoms. The van der Waals surface area contributed by atoms with Crippen LogP contribution in [0.3, 0.4) is 0 Å². The Bertz CT molecular complexity index is 544. The highest BCUT2D eigenvalue weighted by atomic mass is 19.2. The SMILES string of the molecule is Cc1cc(C(=O)c2ccc(F)c(F)c2)co1. The number of rotatable bonds is 2. The van der Waals surface area contributed by atoms with Gasteiger partial charge in [-0.1, -0.05) is 0 Å². The van der Waals surface area contributed by atoms with Crippen LogP contribution in [0.15, 0.2) is 34.9 Å². The van der Waals surface area contributed by atoms with Gasteiger partial charge in [-0.15, -0.1) is 0 Å². The second-order valence-electron chi connectivity index (χ2n) is 3.40. The van der Waals surface area contributed by atoms with Gasteiger partial charge in [-0.3, -0.25) is 4.79 Å². The van der Waals surface area contributed by atoms with Gasteiger partial charge in [0.05, 0.1) is 5.56 Å². The van der Waals surface area contributed by atoms with Crippen molar-refractivity contribution in [2.45, 2.75) is 6.92 Å². The summed E-state index contributed by atoms with van der Waals surface area (Å²) in [7, 11) is 0. The van der Waals surface area contributed by atoms with E-state index < -0.39 is 17.4 Å². The highest BCUT2D eigenvalue weighted by Gasteiger charge is 2.13. The molecule has 1 heterocycles. The smallest absolute Gasteiger partial charge is 0.196 e. The van der Waals surface area contributed by atoms with Crippen LogP contribution >= 0.6 is 0 Å². The summed E-state index contributed by atoms with van der Waals surface area (Å²) in [4.78, 5) is 11.8. The summed E-state index contributed by atoms with van der Waals surface area (Å²) < 4.78 is 30.5. The maximum atomic E-state index is 12.9. The van der Waals surface area contributed by atoms with Crippen LogP contribution in [-0.2, 0) is 0 Å². The summed E-state index contributed by atoms with van der Waals surface area (Å²) in [6, 6.07) is 4.59. The summed E-state index contributed by atoms with van der Waals surface area (Å²) in [5, 5.41) is 0. The minimum atomic E-state index is -1.04. The summed E-state index contributed by atoms with van der Waals surface area (Å²) >= 11 is 0. The number of halogens is 2. The first-order valence-electron chi connectivity index (χ1n) is 4.63. The summed E-state index contributed by atoms with van der Waals surface area (Å²) in [5.74, 6) is -1.81. The third kappa shape index (κ3) is 1.86. The molecule has 0 fully saturated rings. The van der Waals surface area contributed by atoms with Crippen LogP contribution in [0, 0.1) is 18.6 Å². The Kier molecular flexibility index (Phi) is 2.56. The molecule has 0 aliphatic heterocycles. The highest BCUT2D eigenvalue weighted by molar-refractivity contribution is 6.08. The second kappa shape index (κ2) is 3.89. The van der Waals surface area contributed by atoms with Gasteiger partial charge in [0.2, 0.25) is 0 Å².